The fourth-order valence-electron chi connectivity index (χ4n) is 1.41. The molecular formula is C11H23N3. The predicted octanol–water partition coefficient (Wildman–Crippen LogP) is 1.61. The van der Waals surface area contributed by atoms with Gasteiger partial charge in [-0.05, 0) is 33.9 Å². The van der Waals surface area contributed by atoms with Gasteiger partial charge in [-0.25, -0.2) is 0 Å². The van der Waals surface area contributed by atoms with E-state index in [1.165, 1.54) is 0 Å². The third-order valence-corrected chi connectivity index (χ3v) is 2.94. The maximum absolute atomic E-state index is 9.05. The second kappa shape index (κ2) is 6.00. The van der Waals surface area contributed by atoms with Crippen LogP contribution >= 0.6 is 0 Å². The third kappa shape index (κ3) is 3.65. The molecule has 0 aromatic heterocycles. The summed E-state index contributed by atoms with van der Waals surface area (Å²) in [5, 5.41) is 12.1. The van der Waals surface area contributed by atoms with E-state index < -0.39 is 5.54 Å². The van der Waals surface area contributed by atoms with Gasteiger partial charge in [0.15, 0.2) is 0 Å². The van der Waals surface area contributed by atoms with Crippen molar-refractivity contribution >= 4 is 0 Å². The largest absolute Gasteiger partial charge is 0.302 e. The maximum atomic E-state index is 9.05. The smallest absolute Gasteiger partial charge is 0.116 e. The van der Waals surface area contributed by atoms with Gasteiger partial charge in [0.05, 0.1) is 6.07 Å². The molecule has 3 heteroatoms. The summed E-state index contributed by atoms with van der Waals surface area (Å²) in [5.74, 6) is 0. The summed E-state index contributed by atoms with van der Waals surface area (Å²) < 4.78 is 0. The molecule has 0 fully saturated rings. The minimum atomic E-state index is -0.431. The second-order valence-corrected chi connectivity index (χ2v) is 4.01. The highest BCUT2D eigenvalue weighted by molar-refractivity contribution is 5.05. The molecule has 82 valence electrons. The first-order chi connectivity index (χ1) is 6.52. The molecular weight excluding hydrogens is 174 g/mol. The van der Waals surface area contributed by atoms with E-state index in [0.29, 0.717) is 6.04 Å². The van der Waals surface area contributed by atoms with Gasteiger partial charge in [0.1, 0.15) is 5.54 Å². The van der Waals surface area contributed by atoms with Crippen LogP contribution in [0.15, 0.2) is 0 Å². The van der Waals surface area contributed by atoms with Crippen LogP contribution in [-0.4, -0.2) is 36.6 Å². The van der Waals surface area contributed by atoms with Crippen LogP contribution < -0.4 is 5.32 Å². The maximum Gasteiger partial charge on any atom is 0.116 e. The van der Waals surface area contributed by atoms with Crippen LogP contribution in [0.1, 0.15) is 34.1 Å². The molecule has 14 heavy (non-hydrogen) atoms. The zero-order chi connectivity index (χ0) is 11.2. The second-order valence-electron chi connectivity index (χ2n) is 4.01. The summed E-state index contributed by atoms with van der Waals surface area (Å²) in [5.41, 5.74) is -0.431. The number of nitriles is 1. The Morgan fingerprint density at radius 3 is 2.36 bits per heavy atom. The van der Waals surface area contributed by atoms with E-state index in [0.717, 1.165) is 19.5 Å². The molecule has 0 aromatic carbocycles. The highest BCUT2D eigenvalue weighted by atomic mass is 15.2. The lowest BCUT2D eigenvalue weighted by molar-refractivity contribution is 0.178. The molecule has 0 bridgehead atoms. The Hall–Kier alpha value is -0.590. The number of rotatable bonds is 6. The van der Waals surface area contributed by atoms with E-state index in [1.807, 2.05) is 14.0 Å². The predicted molar refractivity (Wildman–Crippen MR) is 60.1 cm³/mol. The Kier molecular flexibility index (Phi) is 5.75. The summed E-state index contributed by atoms with van der Waals surface area (Å²) in [4.78, 5) is 2.33. The molecule has 0 aliphatic rings. The fraction of sp³-hybridized carbons (Fsp3) is 0.909. The molecule has 1 N–H and O–H groups in total. The summed E-state index contributed by atoms with van der Waals surface area (Å²) in [7, 11) is 1.84. The van der Waals surface area contributed by atoms with Gasteiger partial charge in [0.2, 0.25) is 0 Å². The van der Waals surface area contributed by atoms with Gasteiger partial charge in [-0.2, -0.15) is 5.26 Å². The van der Waals surface area contributed by atoms with E-state index in [4.69, 9.17) is 5.26 Å². The van der Waals surface area contributed by atoms with Crippen molar-refractivity contribution in [2.45, 2.75) is 45.7 Å². The zero-order valence-electron chi connectivity index (χ0n) is 10.1. The molecule has 2 atom stereocenters. The van der Waals surface area contributed by atoms with E-state index in [2.05, 4.69) is 37.1 Å². The van der Waals surface area contributed by atoms with Crippen LogP contribution in [0.25, 0.3) is 0 Å². The summed E-state index contributed by atoms with van der Waals surface area (Å²) in [6, 6.07) is 2.86. The summed E-state index contributed by atoms with van der Waals surface area (Å²) >= 11 is 0. The SMILES string of the molecule is CCC(C)N(CC)CC(C)(C#N)NC. The highest BCUT2D eigenvalue weighted by Crippen LogP contribution is 2.10. The zero-order valence-corrected chi connectivity index (χ0v) is 10.1. The number of likely N-dealkylation sites (N-methyl/N-ethyl adjacent to an activating group) is 2. The first kappa shape index (κ1) is 13.4. The van der Waals surface area contributed by atoms with E-state index in [1.54, 1.807) is 0 Å². The summed E-state index contributed by atoms with van der Waals surface area (Å²) in [6.45, 7) is 10.2. The average molecular weight is 197 g/mol. The van der Waals surface area contributed by atoms with Crippen molar-refractivity contribution in [2.75, 3.05) is 20.1 Å². The van der Waals surface area contributed by atoms with Gasteiger partial charge in [0.25, 0.3) is 0 Å². The van der Waals surface area contributed by atoms with Crippen LogP contribution in [0.3, 0.4) is 0 Å². The molecule has 0 rings (SSSR count). The highest BCUT2D eigenvalue weighted by Gasteiger charge is 2.25. The van der Waals surface area contributed by atoms with Crippen molar-refractivity contribution in [2.24, 2.45) is 0 Å². The molecule has 0 spiro atoms. The molecule has 0 saturated heterocycles. The van der Waals surface area contributed by atoms with E-state index in [9.17, 15) is 0 Å². The Morgan fingerprint density at radius 2 is 2.07 bits per heavy atom. The number of hydrogen-bond donors (Lipinski definition) is 1. The van der Waals surface area contributed by atoms with Gasteiger partial charge in [-0.3, -0.25) is 4.90 Å². The number of nitrogens with zero attached hydrogens (tertiary/aromatic N) is 2. The molecule has 3 nitrogen and oxygen atoms in total. The quantitative estimate of drug-likeness (QED) is 0.703. The lowest BCUT2D eigenvalue weighted by Crippen LogP contribution is -2.51. The van der Waals surface area contributed by atoms with Gasteiger partial charge in [0, 0.05) is 12.6 Å². The van der Waals surface area contributed by atoms with Gasteiger partial charge >= 0.3 is 0 Å². The lowest BCUT2D eigenvalue weighted by atomic mass is 10.0. The van der Waals surface area contributed by atoms with Crippen LogP contribution in [-0.2, 0) is 0 Å². The van der Waals surface area contributed by atoms with Crippen molar-refractivity contribution in [3.05, 3.63) is 0 Å². The third-order valence-electron chi connectivity index (χ3n) is 2.94. The van der Waals surface area contributed by atoms with Crippen LogP contribution in [0, 0.1) is 11.3 Å². The fourth-order valence-corrected chi connectivity index (χ4v) is 1.41. The Labute approximate surface area is 88.1 Å². The average Bonchev–Trinajstić information content (AvgIpc) is 2.24. The topological polar surface area (TPSA) is 39.1 Å². The Balaban J connectivity index is 4.38. The minimum Gasteiger partial charge on any atom is -0.302 e. The molecule has 0 aliphatic heterocycles. The first-order valence-electron chi connectivity index (χ1n) is 5.37. The van der Waals surface area contributed by atoms with Crippen LogP contribution in [0.4, 0.5) is 0 Å². The molecule has 2 unspecified atom stereocenters. The Bertz CT molecular complexity index is 197. The molecule has 0 heterocycles. The standard InChI is InChI=1S/C11H23N3/c1-6-10(3)14(7-2)9-11(4,8-12)13-5/h10,13H,6-7,9H2,1-5H3. The molecule has 0 aliphatic carbocycles. The normalized spacial score (nSPS) is 17.5. The number of nitrogens with one attached hydrogen (secondary N) is 1. The monoisotopic (exact) mass is 197 g/mol. The Morgan fingerprint density at radius 1 is 1.50 bits per heavy atom. The van der Waals surface area contributed by atoms with Crippen molar-refractivity contribution < 1.29 is 0 Å². The van der Waals surface area contributed by atoms with Crippen LogP contribution in [0.2, 0.25) is 0 Å². The molecule has 0 aromatic rings. The minimum absolute atomic E-state index is 0.431. The lowest BCUT2D eigenvalue weighted by Gasteiger charge is -2.33. The number of hydrogen-bond acceptors (Lipinski definition) is 3. The van der Waals surface area contributed by atoms with Gasteiger partial charge < -0.3 is 5.32 Å². The van der Waals surface area contributed by atoms with Crippen molar-refractivity contribution in [3.63, 3.8) is 0 Å². The molecule has 0 saturated carbocycles. The summed E-state index contributed by atoms with van der Waals surface area (Å²) in [6.07, 6.45) is 1.12. The van der Waals surface area contributed by atoms with Gasteiger partial charge in [-0.1, -0.05) is 13.8 Å². The van der Waals surface area contributed by atoms with E-state index in [-0.39, 0.29) is 0 Å². The van der Waals surface area contributed by atoms with Crippen molar-refractivity contribution in [3.8, 4) is 6.07 Å². The van der Waals surface area contributed by atoms with Crippen LogP contribution in [0.5, 0.6) is 0 Å². The first-order valence-corrected chi connectivity index (χ1v) is 5.37. The van der Waals surface area contributed by atoms with Crippen molar-refractivity contribution in [1.82, 2.24) is 10.2 Å². The van der Waals surface area contributed by atoms with Crippen molar-refractivity contribution in [1.29, 1.82) is 5.26 Å². The van der Waals surface area contributed by atoms with E-state index >= 15 is 0 Å². The molecule has 0 amide bonds. The van der Waals surface area contributed by atoms with Gasteiger partial charge in [-0.15, -0.1) is 0 Å². The molecule has 0 radical (unpaired) electrons.